The molecule has 4 nitrogen and oxygen atoms in total. The van der Waals surface area contributed by atoms with Gasteiger partial charge in [0.15, 0.2) is 0 Å². The average molecular weight is 241 g/mol. The number of amides is 1. The summed E-state index contributed by atoms with van der Waals surface area (Å²) in [4.78, 5) is 23.1. The van der Waals surface area contributed by atoms with Crippen molar-refractivity contribution in [1.29, 1.82) is 0 Å². The quantitative estimate of drug-likeness (QED) is 0.775. The van der Waals surface area contributed by atoms with Crippen LogP contribution in [0.2, 0.25) is 0 Å². The van der Waals surface area contributed by atoms with E-state index >= 15 is 0 Å². The maximum atomic E-state index is 11.8. The number of carbonyl (C=O) groups is 2. The van der Waals surface area contributed by atoms with E-state index < -0.39 is 11.4 Å². The Morgan fingerprint density at radius 2 is 1.76 bits per heavy atom. The van der Waals surface area contributed by atoms with Crippen LogP contribution in [0.15, 0.2) is 0 Å². The number of carboxylic acid groups (broad SMARTS) is 1. The van der Waals surface area contributed by atoms with Crippen molar-refractivity contribution in [2.45, 2.75) is 58.9 Å². The zero-order chi connectivity index (χ0) is 13.1. The molecule has 17 heavy (non-hydrogen) atoms. The molecule has 0 aliphatic heterocycles. The van der Waals surface area contributed by atoms with Crippen molar-refractivity contribution < 1.29 is 14.7 Å². The largest absolute Gasteiger partial charge is 0.481 e. The predicted octanol–water partition coefficient (Wildman–Crippen LogP) is 2.18. The van der Waals surface area contributed by atoms with Crippen molar-refractivity contribution >= 4 is 11.9 Å². The maximum absolute atomic E-state index is 11.8. The Morgan fingerprint density at radius 3 is 2.18 bits per heavy atom. The second-order valence-corrected chi connectivity index (χ2v) is 5.57. The highest BCUT2D eigenvalue weighted by Gasteiger charge is 2.43. The zero-order valence-corrected chi connectivity index (χ0v) is 11.0. The van der Waals surface area contributed by atoms with Crippen LogP contribution in [-0.2, 0) is 9.59 Å². The van der Waals surface area contributed by atoms with Gasteiger partial charge in [-0.3, -0.25) is 9.59 Å². The van der Waals surface area contributed by atoms with Crippen molar-refractivity contribution in [3.05, 3.63) is 0 Å². The molecule has 4 heteroatoms. The van der Waals surface area contributed by atoms with Crippen molar-refractivity contribution in [3.8, 4) is 0 Å². The molecule has 0 heterocycles. The summed E-state index contributed by atoms with van der Waals surface area (Å²) in [5.74, 6) is -0.582. The molecule has 0 bridgehead atoms. The van der Waals surface area contributed by atoms with Gasteiger partial charge >= 0.3 is 5.97 Å². The Labute approximate surface area is 103 Å². The second kappa shape index (κ2) is 5.52. The van der Waals surface area contributed by atoms with Gasteiger partial charge in [0, 0.05) is 12.5 Å². The number of rotatable bonds is 5. The molecule has 0 spiro atoms. The molecule has 0 saturated heterocycles. The van der Waals surface area contributed by atoms with Gasteiger partial charge in [0.05, 0.1) is 5.41 Å². The van der Waals surface area contributed by atoms with Gasteiger partial charge in [0.25, 0.3) is 0 Å². The Hall–Kier alpha value is -1.06. The summed E-state index contributed by atoms with van der Waals surface area (Å²) in [6.45, 7) is 6.02. The number of aliphatic carboxylic acids is 1. The van der Waals surface area contributed by atoms with Gasteiger partial charge in [-0.2, -0.15) is 0 Å². The Morgan fingerprint density at radius 1 is 1.24 bits per heavy atom. The van der Waals surface area contributed by atoms with Crippen LogP contribution in [0.1, 0.15) is 52.9 Å². The van der Waals surface area contributed by atoms with Crippen molar-refractivity contribution in [2.75, 3.05) is 0 Å². The first kappa shape index (κ1) is 14.0. The van der Waals surface area contributed by atoms with E-state index in [1.807, 2.05) is 20.8 Å². The van der Waals surface area contributed by atoms with Crippen LogP contribution in [0.4, 0.5) is 0 Å². The van der Waals surface area contributed by atoms with Crippen molar-refractivity contribution in [2.24, 2.45) is 11.3 Å². The molecule has 98 valence electrons. The fraction of sp³-hybridized carbons (Fsp3) is 0.846. The van der Waals surface area contributed by atoms with Crippen LogP contribution in [0.25, 0.3) is 0 Å². The highest BCUT2D eigenvalue weighted by atomic mass is 16.4. The highest BCUT2D eigenvalue weighted by Crippen LogP contribution is 2.41. The van der Waals surface area contributed by atoms with E-state index in [0.717, 1.165) is 12.8 Å². The van der Waals surface area contributed by atoms with Gasteiger partial charge in [-0.25, -0.2) is 0 Å². The molecule has 2 N–H and O–H groups in total. The minimum Gasteiger partial charge on any atom is -0.481 e. The predicted molar refractivity (Wildman–Crippen MR) is 65.6 cm³/mol. The molecular formula is C13H23NO3. The molecular weight excluding hydrogens is 218 g/mol. The summed E-state index contributed by atoms with van der Waals surface area (Å²) in [5, 5.41) is 12.2. The lowest BCUT2D eigenvalue weighted by molar-refractivity contribution is -0.151. The van der Waals surface area contributed by atoms with Gasteiger partial charge in [0.1, 0.15) is 0 Å². The van der Waals surface area contributed by atoms with Crippen LogP contribution in [0.5, 0.6) is 0 Å². The van der Waals surface area contributed by atoms with E-state index in [1.54, 1.807) is 0 Å². The van der Waals surface area contributed by atoms with Gasteiger partial charge < -0.3 is 10.4 Å². The van der Waals surface area contributed by atoms with E-state index in [0.29, 0.717) is 18.8 Å². The van der Waals surface area contributed by atoms with E-state index in [2.05, 4.69) is 5.32 Å². The minimum absolute atomic E-state index is 0.0924. The molecule has 1 atom stereocenters. The third-order valence-electron chi connectivity index (χ3n) is 3.90. The molecule has 0 aromatic heterocycles. The fourth-order valence-electron chi connectivity index (χ4n) is 2.30. The van der Waals surface area contributed by atoms with E-state index in [-0.39, 0.29) is 18.4 Å². The minimum atomic E-state index is -0.817. The normalized spacial score (nSPS) is 20.2. The van der Waals surface area contributed by atoms with E-state index in [1.165, 1.54) is 0 Å². The summed E-state index contributed by atoms with van der Waals surface area (Å²) >= 11 is 0. The smallest absolute Gasteiger partial charge is 0.310 e. The van der Waals surface area contributed by atoms with Crippen LogP contribution in [-0.4, -0.2) is 23.0 Å². The summed E-state index contributed by atoms with van der Waals surface area (Å²) < 4.78 is 0. The molecule has 1 amide bonds. The lowest BCUT2D eigenvalue weighted by Crippen LogP contribution is -2.41. The van der Waals surface area contributed by atoms with Gasteiger partial charge in [-0.1, -0.05) is 26.7 Å². The summed E-state index contributed by atoms with van der Waals surface area (Å²) in [6, 6.07) is 0.0924. The summed E-state index contributed by atoms with van der Waals surface area (Å²) in [7, 11) is 0. The molecule has 1 unspecified atom stereocenters. The maximum Gasteiger partial charge on any atom is 0.310 e. The van der Waals surface area contributed by atoms with Crippen molar-refractivity contribution in [3.63, 3.8) is 0 Å². The Bertz CT molecular complexity index is 293. The van der Waals surface area contributed by atoms with Gasteiger partial charge in [0.2, 0.25) is 5.91 Å². The molecule has 0 aromatic rings. The number of carbonyl (C=O) groups excluding carboxylic acids is 1. The number of hydrogen-bond donors (Lipinski definition) is 2. The molecule has 1 saturated carbocycles. The van der Waals surface area contributed by atoms with Crippen LogP contribution >= 0.6 is 0 Å². The van der Waals surface area contributed by atoms with Crippen LogP contribution in [0, 0.1) is 11.3 Å². The Balaban J connectivity index is 2.57. The lowest BCUT2D eigenvalue weighted by atomic mass is 9.82. The summed E-state index contributed by atoms with van der Waals surface area (Å²) in [6.07, 6.45) is 3.22. The Kier molecular flexibility index (Phi) is 4.54. The second-order valence-electron chi connectivity index (χ2n) is 5.57. The van der Waals surface area contributed by atoms with E-state index in [4.69, 9.17) is 0 Å². The standard InChI is InChI=1S/C13H23NO3/c1-9(2)10(3)14-11(15)8-13(12(16)17)6-4-5-7-13/h9-10H,4-8H2,1-3H3,(H,14,15)(H,16,17). The average Bonchev–Trinajstić information content (AvgIpc) is 2.67. The third-order valence-corrected chi connectivity index (χ3v) is 3.90. The van der Waals surface area contributed by atoms with Gasteiger partial charge in [-0.05, 0) is 25.7 Å². The van der Waals surface area contributed by atoms with Gasteiger partial charge in [-0.15, -0.1) is 0 Å². The highest BCUT2D eigenvalue weighted by molar-refractivity contribution is 5.85. The van der Waals surface area contributed by atoms with E-state index in [9.17, 15) is 14.7 Å². The fourth-order valence-corrected chi connectivity index (χ4v) is 2.30. The number of hydrogen-bond acceptors (Lipinski definition) is 2. The zero-order valence-electron chi connectivity index (χ0n) is 11.0. The SMILES string of the molecule is CC(C)C(C)NC(=O)CC1(C(=O)O)CCCC1. The number of carboxylic acids is 1. The van der Waals surface area contributed by atoms with Crippen molar-refractivity contribution in [1.82, 2.24) is 5.32 Å². The lowest BCUT2D eigenvalue weighted by Gasteiger charge is -2.25. The first-order chi connectivity index (χ1) is 7.87. The molecule has 1 aliphatic rings. The molecule has 0 radical (unpaired) electrons. The monoisotopic (exact) mass is 241 g/mol. The van der Waals surface area contributed by atoms with Crippen LogP contribution < -0.4 is 5.32 Å². The molecule has 0 aromatic carbocycles. The molecule has 1 rings (SSSR count). The number of nitrogens with one attached hydrogen (secondary N) is 1. The summed E-state index contributed by atoms with van der Waals surface area (Å²) in [5.41, 5.74) is -0.805. The first-order valence-corrected chi connectivity index (χ1v) is 6.40. The molecule has 1 fully saturated rings. The topological polar surface area (TPSA) is 66.4 Å². The molecule has 1 aliphatic carbocycles. The third kappa shape index (κ3) is 3.45. The van der Waals surface area contributed by atoms with Crippen LogP contribution in [0.3, 0.4) is 0 Å². The first-order valence-electron chi connectivity index (χ1n) is 6.40.